The highest BCUT2D eigenvalue weighted by Crippen LogP contribution is 2.25. The molecule has 0 aliphatic rings. The molecule has 4 N–H and O–H groups in total. The minimum atomic E-state index is -0.962. The van der Waals surface area contributed by atoms with Crippen molar-refractivity contribution in [1.82, 2.24) is 5.32 Å². The van der Waals surface area contributed by atoms with E-state index < -0.39 is 29.7 Å². The van der Waals surface area contributed by atoms with Gasteiger partial charge in [-0.05, 0) is 51.3 Å². The van der Waals surface area contributed by atoms with Gasteiger partial charge in [-0.25, -0.2) is 9.59 Å². The first-order valence-electron chi connectivity index (χ1n) is 10.8. The number of amides is 1. The number of nitrogens with one attached hydrogen (secondary N) is 1. The quantitative estimate of drug-likeness (QED) is 0.234. The molecule has 0 spiro atoms. The van der Waals surface area contributed by atoms with E-state index in [-0.39, 0.29) is 24.5 Å². The van der Waals surface area contributed by atoms with Crippen LogP contribution in [0.3, 0.4) is 0 Å². The van der Waals surface area contributed by atoms with Crippen molar-refractivity contribution in [1.29, 1.82) is 0 Å². The predicted octanol–water partition coefficient (Wildman–Crippen LogP) is 4.14. The van der Waals surface area contributed by atoms with Crippen LogP contribution in [0.5, 0.6) is 11.5 Å². The Labute approximate surface area is 189 Å². The van der Waals surface area contributed by atoms with Gasteiger partial charge < -0.3 is 30.1 Å². The van der Waals surface area contributed by atoms with Crippen LogP contribution in [0.2, 0.25) is 0 Å². The van der Waals surface area contributed by atoms with Gasteiger partial charge in [0.2, 0.25) is 0 Å². The fourth-order valence-corrected chi connectivity index (χ4v) is 2.32. The van der Waals surface area contributed by atoms with E-state index in [1.807, 2.05) is 13.8 Å². The Hall–Kier alpha value is -2.97. The van der Waals surface area contributed by atoms with Crippen molar-refractivity contribution in [3.63, 3.8) is 0 Å². The zero-order valence-electron chi connectivity index (χ0n) is 19.6. The molecule has 0 unspecified atom stereocenters. The second-order valence-electron chi connectivity index (χ2n) is 8.24. The number of aliphatic carboxylic acids is 1. The molecule has 1 amide bonds. The number of benzene rings is 1. The number of phenolic OH excluding ortho intramolecular Hbond substituents is 2. The molecule has 0 aromatic heterocycles. The van der Waals surface area contributed by atoms with E-state index in [4.69, 9.17) is 14.6 Å². The first-order chi connectivity index (χ1) is 14.9. The summed E-state index contributed by atoms with van der Waals surface area (Å²) in [5, 5.41) is 29.5. The third-order valence-electron chi connectivity index (χ3n) is 3.94. The van der Waals surface area contributed by atoms with E-state index >= 15 is 0 Å². The molecule has 0 saturated carbocycles. The number of carboxylic acid groups (broad SMARTS) is 1. The fraction of sp³-hybridized carbons (Fsp3) is 0.609. The first kappa shape index (κ1) is 29.0. The van der Waals surface area contributed by atoms with Crippen molar-refractivity contribution in [3.05, 3.63) is 23.8 Å². The fourth-order valence-electron chi connectivity index (χ4n) is 2.32. The number of alkyl carbamates (subject to hydrolysis) is 1. The van der Waals surface area contributed by atoms with Gasteiger partial charge in [-0.15, -0.1) is 0 Å². The van der Waals surface area contributed by atoms with Crippen LogP contribution in [0.1, 0.15) is 72.3 Å². The number of esters is 1. The second kappa shape index (κ2) is 14.9. The number of carboxylic acids is 1. The molecule has 182 valence electrons. The lowest BCUT2D eigenvalue weighted by Crippen LogP contribution is -2.45. The van der Waals surface area contributed by atoms with Crippen LogP contribution in [0.15, 0.2) is 18.2 Å². The largest absolute Gasteiger partial charge is 0.504 e. The van der Waals surface area contributed by atoms with Gasteiger partial charge in [-0.2, -0.15) is 0 Å². The van der Waals surface area contributed by atoms with Crippen LogP contribution in [0.25, 0.3) is 0 Å². The van der Waals surface area contributed by atoms with E-state index in [0.29, 0.717) is 12.0 Å². The summed E-state index contributed by atoms with van der Waals surface area (Å²) in [5.74, 6) is -1.83. The molecule has 9 heteroatoms. The van der Waals surface area contributed by atoms with Crippen molar-refractivity contribution in [2.45, 2.75) is 84.8 Å². The summed E-state index contributed by atoms with van der Waals surface area (Å²) >= 11 is 0. The normalized spacial score (nSPS) is 11.5. The standard InChI is InChI=1S/C18H27NO6.C5H10O2/c1-5-6-9-24-16(22)13(19-17(23)25-18(2,3)4)10-12-7-8-14(20)15(21)11-12;1-2-3-4-5(6)7/h7-8,11,13,20-21H,5-6,9-10H2,1-4H3,(H,19,23);2-4H2,1H3,(H,6,7)/t13-;/m0./s1. The van der Waals surface area contributed by atoms with Crippen LogP contribution >= 0.6 is 0 Å². The van der Waals surface area contributed by atoms with Crippen molar-refractivity contribution in [3.8, 4) is 11.5 Å². The molecule has 0 radical (unpaired) electrons. The van der Waals surface area contributed by atoms with Gasteiger partial charge >= 0.3 is 18.0 Å². The Morgan fingerprint density at radius 3 is 2.12 bits per heavy atom. The number of ether oxygens (including phenoxy) is 2. The average Bonchev–Trinajstić information content (AvgIpc) is 2.67. The molecule has 9 nitrogen and oxygen atoms in total. The summed E-state index contributed by atoms with van der Waals surface area (Å²) in [6, 6.07) is 3.24. The molecule has 0 heterocycles. The molecule has 0 saturated heterocycles. The van der Waals surface area contributed by atoms with Crippen molar-refractivity contribution < 1.29 is 39.2 Å². The number of carbonyl (C=O) groups is 3. The van der Waals surface area contributed by atoms with Gasteiger partial charge in [-0.1, -0.05) is 32.8 Å². The maximum Gasteiger partial charge on any atom is 0.408 e. The molecular weight excluding hydrogens is 418 g/mol. The maximum absolute atomic E-state index is 12.3. The van der Waals surface area contributed by atoms with Crippen LogP contribution in [-0.2, 0) is 25.5 Å². The summed E-state index contributed by atoms with van der Waals surface area (Å²) in [6.45, 7) is 9.38. The van der Waals surface area contributed by atoms with E-state index in [9.17, 15) is 24.6 Å². The SMILES string of the molecule is CCCCC(=O)O.CCCCOC(=O)[C@H](Cc1ccc(O)c(O)c1)NC(=O)OC(C)(C)C. The molecule has 1 rings (SSSR count). The summed E-state index contributed by atoms with van der Waals surface area (Å²) < 4.78 is 10.4. The van der Waals surface area contributed by atoms with E-state index in [2.05, 4.69) is 5.32 Å². The Morgan fingerprint density at radius 1 is 1.03 bits per heavy atom. The Kier molecular flexibility index (Phi) is 13.5. The van der Waals surface area contributed by atoms with Crippen molar-refractivity contribution >= 4 is 18.0 Å². The van der Waals surface area contributed by atoms with E-state index in [0.717, 1.165) is 25.7 Å². The van der Waals surface area contributed by atoms with Crippen molar-refractivity contribution in [2.24, 2.45) is 0 Å². The maximum atomic E-state index is 12.3. The van der Waals surface area contributed by atoms with Crippen LogP contribution in [-0.4, -0.2) is 51.6 Å². The lowest BCUT2D eigenvalue weighted by Gasteiger charge is -2.23. The third-order valence-corrected chi connectivity index (χ3v) is 3.94. The Bertz CT molecular complexity index is 727. The van der Waals surface area contributed by atoms with E-state index in [1.54, 1.807) is 26.8 Å². The third kappa shape index (κ3) is 14.1. The second-order valence-corrected chi connectivity index (χ2v) is 8.24. The Balaban J connectivity index is 0.00000118. The number of unbranched alkanes of at least 4 members (excludes halogenated alkanes) is 2. The molecule has 0 aliphatic heterocycles. The topological polar surface area (TPSA) is 142 Å². The highest BCUT2D eigenvalue weighted by molar-refractivity contribution is 5.81. The van der Waals surface area contributed by atoms with Gasteiger partial charge in [0.15, 0.2) is 11.5 Å². The zero-order valence-corrected chi connectivity index (χ0v) is 19.6. The summed E-state index contributed by atoms with van der Waals surface area (Å²) in [4.78, 5) is 34.0. The molecule has 1 aromatic rings. The lowest BCUT2D eigenvalue weighted by molar-refractivity contribution is -0.146. The summed E-state index contributed by atoms with van der Waals surface area (Å²) in [5.41, 5.74) is -0.138. The highest BCUT2D eigenvalue weighted by atomic mass is 16.6. The molecule has 0 bridgehead atoms. The first-order valence-corrected chi connectivity index (χ1v) is 10.8. The average molecular weight is 456 g/mol. The van der Waals surface area contributed by atoms with Gasteiger partial charge in [0.05, 0.1) is 6.61 Å². The monoisotopic (exact) mass is 455 g/mol. The number of phenols is 2. The molecular formula is C23H37NO8. The van der Waals surface area contributed by atoms with E-state index in [1.165, 1.54) is 12.1 Å². The predicted molar refractivity (Wildman–Crippen MR) is 120 cm³/mol. The number of hydrogen-bond acceptors (Lipinski definition) is 7. The smallest absolute Gasteiger partial charge is 0.408 e. The van der Waals surface area contributed by atoms with Gasteiger partial charge in [0.25, 0.3) is 0 Å². The lowest BCUT2D eigenvalue weighted by atomic mass is 10.1. The summed E-state index contributed by atoms with van der Waals surface area (Å²) in [7, 11) is 0. The minimum Gasteiger partial charge on any atom is -0.504 e. The molecule has 1 atom stereocenters. The summed E-state index contributed by atoms with van der Waals surface area (Å²) in [6.07, 6.45) is 3.05. The number of carbonyl (C=O) groups excluding carboxylic acids is 2. The number of rotatable bonds is 10. The zero-order chi connectivity index (χ0) is 24.7. The van der Waals surface area contributed by atoms with Gasteiger partial charge in [-0.3, -0.25) is 4.79 Å². The molecule has 1 aromatic carbocycles. The van der Waals surface area contributed by atoms with Gasteiger partial charge in [0, 0.05) is 12.8 Å². The van der Waals surface area contributed by atoms with Gasteiger partial charge in [0.1, 0.15) is 11.6 Å². The molecule has 0 fully saturated rings. The molecule has 0 aliphatic carbocycles. The molecule has 32 heavy (non-hydrogen) atoms. The highest BCUT2D eigenvalue weighted by Gasteiger charge is 2.26. The number of hydrogen-bond donors (Lipinski definition) is 4. The van der Waals surface area contributed by atoms with Crippen LogP contribution in [0, 0.1) is 0 Å². The minimum absolute atomic E-state index is 0.0953. The number of aromatic hydroxyl groups is 2. The van der Waals surface area contributed by atoms with Crippen LogP contribution in [0.4, 0.5) is 4.79 Å². The van der Waals surface area contributed by atoms with Crippen LogP contribution < -0.4 is 5.32 Å². The van der Waals surface area contributed by atoms with Crippen molar-refractivity contribution in [2.75, 3.05) is 6.61 Å². The Morgan fingerprint density at radius 2 is 1.66 bits per heavy atom.